The first-order valence-electron chi connectivity index (χ1n) is 3.10. The molecule has 1 aromatic rings. The molecule has 0 atom stereocenters. The second-order valence-electron chi connectivity index (χ2n) is 2.02. The Kier molecular flexibility index (Phi) is 2.45. The maximum Gasteiger partial charge on any atom is 0.101 e. The lowest BCUT2D eigenvalue weighted by atomic mass is 10.1. The van der Waals surface area contributed by atoms with Crippen molar-refractivity contribution in [2.75, 3.05) is 0 Å². The van der Waals surface area contributed by atoms with E-state index in [9.17, 15) is 0 Å². The van der Waals surface area contributed by atoms with Crippen LogP contribution in [0.2, 0.25) is 0 Å². The van der Waals surface area contributed by atoms with Crippen LogP contribution in [0.4, 0.5) is 0 Å². The molecule has 1 aromatic carbocycles. The molecule has 0 spiro atoms. The fourth-order valence-corrected chi connectivity index (χ4v) is 1.30. The Morgan fingerprint density at radius 3 is 2.73 bits per heavy atom. The summed E-state index contributed by atoms with van der Waals surface area (Å²) < 4.78 is 0.817. The van der Waals surface area contributed by atoms with Crippen LogP contribution in [-0.2, 0) is 0 Å². The van der Waals surface area contributed by atoms with E-state index in [4.69, 9.17) is 5.26 Å². The summed E-state index contributed by atoms with van der Waals surface area (Å²) in [6.07, 6.45) is 1.67. The summed E-state index contributed by atoms with van der Waals surface area (Å²) in [5.41, 5.74) is 1.50. The number of halogens is 1. The van der Waals surface area contributed by atoms with Gasteiger partial charge in [0.05, 0.1) is 5.56 Å². The number of hydrogen-bond donors (Lipinski definition) is 0. The van der Waals surface area contributed by atoms with Gasteiger partial charge in [-0.3, -0.25) is 0 Å². The standard InChI is InChI=1S/C9H6BrN/c1-2-7-4-3-5-9(10)8(7)6-11/h2-5H,1H2. The second-order valence-corrected chi connectivity index (χ2v) is 2.87. The van der Waals surface area contributed by atoms with Crippen LogP contribution in [0, 0.1) is 11.3 Å². The molecule has 1 rings (SSSR count). The molecule has 0 heterocycles. The Bertz CT molecular complexity index is 323. The van der Waals surface area contributed by atoms with Crippen molar-refractivity contribution in [2.24, 2.45) is 0 Å². The van der Waals surface area contributed by atoms with Crippen LogP contribution < -0.4 is 0 Å². The summed E-state index contributed by atoms with van der Waals surface area (Å²) in [5.74, 6) is 0. The van der Waals surface area contributed by atoms with Gasteiger partial charge in [-0.15, -0.1) is 0 Å². The minimum atomic E-state index is 0.641. The van der Waals surface area contributed by atoms with Crippen LogP contribution in [-0.4, -0.2) is 0 Å². The summed E-state index contributed by atoms with van der Waals surface area (Å²) in [5, 5.41) is 8.70. The van der Waals surface area contributed by atoms with Gasteiger partial charge in [-0.25, -0.2) is 0 Å². The number of rotatable bonds is 1. The molecule has 0 saturated heterocycles. The van der Waals surface area contributed by atoms with Gasteiger partial charge in [-0.05, 0) is 27.6 Å². The molecule has 0 aliphatic rings. The lowest BCUT2D eigenvalue weighted by Gasteiger charge is -1.97. The Hall–Kier alpha value is -1.07. The highest BCUT2D eigenvalue weighted by atomic mass is 79.9. The summed E-state index contributed by atoms with van der Waals surface area (Å²) >= 11 is 3.28. The third-order valence-electron chi connectivity index (χ3n) is 1.38. The van der Waals surface area contributed by atoms with Gasteiger partial charge in [0.15, 0.2) is 0 Å². The van der Waals surface area contributed by atoms with Crippen LogP contribution in [0.5, 0.6) is 0 Å². The number of hydrogen-bond acceptors (Lipinski definition) is 1. The van der Waals surface area contributed by atoms with E-state index in [1.54, 1.807) is 6.08 Å². The first kappa shape index (κ1) is 8.03. The maximum absolute atomic E-state index is 8.70. The van der Waals surface area contributed by atoms with Crippen LogP contribution >= 0.6 is 15.9 Å². The number of benzene rings is 1. The van der Waals surface area contributed by atoms with Gasteiger partial charge in [-0.2, -0.15) is 5.26 Å². The highest BCUT2D eigenvalue weighted by molar-refractivity contribution is 9.10. The van der Waals surface area contributed by atoms with Crippen molar-refractivity contribution in [3.8, 4) is 6.07 Å². The number of nitriles is 1. The molecule has 0 aromatic heterocycles. The summed E-state index contributed by atoms with van der Waals surface area (Å²) in [7, 11) is 0. The van der Waals surface area contributed by atoms with E-state index < -0.39 is 0 Å². The smallest absolute Gasteiger partial charge is 0.101 e. The summed E-state index contributed by atoms with van der Waals surface area (Å²) in [6, 6.07) is 7.67. The van der Waals surface area contributed by atoms with E-state index in [1.165, 1.54) is 0 Å². The van der Waals surface area contributed by atoms with Crippen molar-refractivity contribution in [3.05, 3.63) is 40.4 Å². The molecule has 54 valence electrons. The van der Waals surface area contributed by atoms with E-state index in [-0.39, 0.29) is 0 Å². The first-order valence-corrected chi connectivity index (χ1v) is 3.90. The topological polar surface area (TPSA) is 23.8 Å². The molecule has 0 aliphatic heterocycles. The summed E-state index contributed by atoms with van der Waals surface area (Å²) in [4.78, 5) is 0. The van der Waals surface area contributed by atoms with Gasteiger partial charge in [0.1, 0.15) is 6.07 Å². The van der Waals surface area contributed by atoms with Gasteiger partial charge in [-0.1, -0.05) is 24.8 Å². The van der Waals surface area contributed by atoms with E-state index in [1.807, 2.05) is 18.2 Å². The van der Waals surface area contributed by atoms with Crippen molar-refractivity contribution in [1.29, 1.82) is 5.26 Å². The molecule has 11 heavy (non-hydrogen) atoms. The third kappa shape index (κ3) is 1.50. The van der Waals surface area contributed by atoms with E-state index >= 15 is 0 Å². The van der Waals surface area contributed by atoms with Gasteiger partial charge in [0.2, 0.25) is 0 Å². The van der Waals surface area contributed by atoms with Crippen molar-refractivity contribution < 1.29 is 0 Å². The van der Waals surface area contributed by atoms with Crippen molar-refractivity contribution in [1.82, 2.24) is 0 Å². The van der Waals surface area contributed by atoms with Gasteiger partial charge < -0.3 is 0 Å². The molecule has 0 N–H and O–H groups in total. The molecule has 0 unspecified atom stereocenters. The predicted molar refractivity (Wildman–Crippen MR) is 48.9 cm³/mol. The lowest BCUT2D eigenvalue weighted by molar-refractivity contribution is 1.45. The third-order valence-corrected chi connectivity index (χ3v) is 2.04. The average Bonchev–Trinajstić information content (AvgIpc) is 2.04. The van der Waals surface area contributed by atoms with Gasteiger partial charge >= 0.3 is 0 Å². The largest absolute Gasteiger partial charge is 0.192 e. The normalized spacial score (nSPS) is 8.73. The number of nitrogens with zero attached hydrogens (tertiary/aromatic N) is 1. The van der Waals surface area contributed by atoms with Gasteiger partial charge in [0.25, 0.3) is 0 Å². The average molecular weight is 208 g/mol. The Balaban J connectivity index is 3.38. The van der Waals surface area contributed by atoms with Crippen LogP contribution in [0.1, 0.15) is 11.1 Å². The summed E-state index contributed by atoms with van der Waals surface area (Å²) in [6.45, 7) is 3.61. The molecule has 2 heteroatoms. The fraction of sp³-hybridized carbons (Fsp3) is 0. The predicted octanol–water partition coefficient (Wildman–Crippen LogP) is 2.96. The molecule has 0 saturated carbocycles. The molecule has 0 aliphatic carbocycles. The van der Waals surface area contributed by atoms with E-state index in [0.29, 0.717) is 5.56 Å². The zero-order chi connectivity index (χ0) is 8.27. The molecular weight excluding hydrogens is 202 g/mol. The zero-order valence-corrected chi connectivity index (χ0v) is 7.43. The minimum absolute atomic E-state index is 0.641. The second kappa shape index (κ2) is 3.36. The molecule has 0 bridgehead atoms. The molecule has 0 amide bonds. The van der Waals surface area contributed by atoms with E-state index in [0.717, 1.165) is 10.0 Å². The highest BCUT2D eigenvalue weighted by Crippen LogP contribution is 2.19. The quantitative estimate of drug-likeness (QED) is 0.695. The Labute approximate surface area is 74.1 Å². The van der Waals surface area contributed by atoms with E-state index in [2.05, 4.69) is 28.6 Å². The SMILES string of the molecule is C=Cc1cccc(Br)c1C#N. The monoisotopic (exact) mass is 207 g/mol. The van der Waals surface area contributed by atoms with Crippen molar-refractivity contribution in [3.63, 3.8) is 0 Å². The fourth-order valence-electron chi connectivity index (χ4n) is 0.829. The zero-order valence-electron chi connectivity index (χ0n) is 5.84. The lowest BCUT2D eigenvalue weighted by Crippen LogP contribution is -1.81. The Morgan fingerprint density at radius 2 is 2.27 bits per heavy atom. The Morgan fingerprint density at radius 1 is 1.55 bits per heavy atom. The molecule has 1 nitrogen and oxygen atoms in total. The van der Waals surface area contributed by atoms with Crippen molar-refractivity contribution >= 4 is 22.0 Å². The first-order chi connectivity index (χ1) is 5.29. The minimum Gasteiger partial charge on any atom is -0.192 e. The van der Waals surface area contributed by atoms with Crippen LogP contribution in [0.25, 0.3) is 6.08 Å². The molecule has 0 fully saturated rings. The van der Waals surface area contributed by atoms with Crippen molar-refractivity contribution in [2.45, 2.75) is 0 Å². The molecule has 0 radical (unpaired) electrons. The van der Waals surface area contributed by atoms with Crippen LogP contribution in [0.15, 0.2) is 29.3 Å². The van der Waals surface area contributed by atoms with Gasteiger partial charge in [0, 0.05) is 4.47 Å². The highest BCUT2D eigenvalue weighted by Gasteiger charge is 2.00. The van der Waals surface area contributed by atoms with Crippen LogP contribution in [0.3, 0.4) is 0 Å². The maximum atomic E-state index is 8.70. The molecular formula is C9H6BrN.